The average molecular weight is 216 g/mol. The molecular weight excluding hydrogens is 191 g/mol. The van der Waals surface area contributed by atoms with Crippen LogP contribution in [-0.2, 0) is 0 Å². The summed E-state index contributed by atoms with van der Waals surface area (Å²) in [5.74, 6) is 0.711. The zero-order chi connectivity index (χ0) is 11.3. The Hall–Kier alpha value is -0.150. The molecule has 0 radical (unpaired) electrons. The van der Waals surface area contributed by atoms with Crippen LogP contribution in [-0.4, -0.2) is 43.3 Å². The lowest BCUT2D eigenvalue weighted by atomic mass is 10.0. The zero-order valence-electron chi connectivity index (χ0n) is 10.3. The third kappa shape index (κ3) is 4.47. The second-order valence-corrected chi connectivity index (χ2v) is 5.10. The van der Waals surface area contributed by atoms with Crippen molar-refractivity contribution in [2.45, 2.75) is 45.7 Å². The van der Waals surface area contributed by atoms with Gasteiger partial charge < -0.3 is 5.32 Å². The molecule has 0 bridgehead atoms. The van der Waals surface area contributed by atoms with Gasteiger partial charge in [-0.15, -0.1) is 0 Å². The van der Waals surface area contributed by atoms with Crippen LogP contribution >= 0.6 is 0 Å². The van der Waals surface area contributed by atoms with E-state index in [1.165, 1.54) is 6.42 Å². The first-order valence-electron chi connectivity index (χ1n) is 6.17. The Morgan fingerprint density at radius 3 is 2.80 bits per heavy atom. The predicted octanol–water partition coefficient (Wildman–Crippen LogP) is 2.05. The van der Waals surface area contributed by atoms with Crippen molar-refractivity contribution in [1.82, 2.24) is 10.2 Å². The van der Waals surface area contributed by atoms with Crippen LogP contribution in [0, 0.1) is 5.92 Å². The van der Waals surface area contributed by atoms with Gasteiger partial charge in [0.2, 0.25) is 0 Å². The maximum absolute atomic E-state index is 12.4. The quantitative estimate of drug-likeness (QED) is 0.774. The number of nitrogens with one attached hydrogen (secondary N) is 1. The van der Waals surface area contributed by atoms with E-state index in [2.05, 4.69) is 31.0 Å². The highest BCUT2D eigenvalue weighted by atomic mass is 19.1. The Morgan fingerprint density at radius 1 is 1.47 bits per heavy atom. The van der Waals surface area contributed by atoms with Crippen molar-refractivity contribution >= 4 is 0 Å². The summed E-state index contributed by atoms with van der Waals surface area (Å²) in [6.07, 6.45) is 2.32. The Kier molecular flexibility index (Phi) is 5.54. The molecule has 90 valence electrons. The Labute approximate surface area is 93.2 Å². The van der Waals surface area contributed by atoms with Crippen molar-refractivity contribution in [1.29, 1.82) is 0 Å². The van der Waals surface area contributed by atoms with E-state index in [4.69, 9.17) is 0 Å². The van der Waals surface area contributed by atoms with Gasteiger partial charge >= 0.3 is 0 Å². The van der Waals surface area contributed by atoms with E-state index in [-0.39, 0.29) is 6.67 Å². The molecule has 1 aliphatic heterocycles. The van der Waals surface area contributed by atoms with Crippen LogP contribution in [0.4, 0.5) is 4.39 Å². The van der Waals surface area contributed by atoms with Gasteiger partial charge in [-0.1, -0.05) is 13.8 Å². The zero-order valence-corrected chi connectivity index (χ0v) is 10.3. The van der Waals surface area contributed by atoms with Crippen molar-refractivity contribution in [2.24, 2.45) is 5.92 Å². The number of nitrogens with zero attached hydrogens (tertiary/aromatic N) is 1. The summed E-state index contributed by atoms with van der Waals surface area (Å²) < 4.78 is 12.4. The van der Waals surface area contributed by atoms with Crippen LogP contribution in [0.3, 0.4) is 0 Å². The van der Waals surface area contributed by atoms with E-state index in [0.717, 1.165) is 19.5 Å². The molecule has 1 saturated heterocycles. The third-order valence-corrected chi connectivity index (χ3v) is 3.20. The molecule has 1 N–H and O–H groups in total. The summed E-state index contributed by atoms with van der Waals surface area (Å²) in [4.78, 5) is 2.28. The summed E-state index contributed by atoms with van der Waals surface area (Å²) in [6, 6.07) is 1.06. The maximum Gasteiger partial charge on any atom is 0.102 e. The molecule has 2 nitrogen and oxygen atoms in total. The smallest absolute Gasteiger partial charge is 0.102 e. The summed E-state index contributed by atoms with van der Waals surface area (Å²) in [6.45, 7) is 9.14. The molecule has 15 heavy (non-hydrogen) atoms. The second kappa shape index (κ2) is 6.44. The molecule has 1 fully saturated rings. The number of alkyl halides is 1. The Balaban J connectivity index is 2.47. The first-order chi connectivity index (χ1) is 7.13. The molecule has 0 aromatic rings. The normalized spacial score (nSPS) is 29.4. The fraction of sp³-hybridized carbons (Fsp3) is 1.00. The van der Waals surface area contributed by atoms with Gasteiger partial charge in [-0.2, -0.15) is 0 Å². The molecule has 2 atom stereocenters. The molecule has 1 aliphatic rings. The van der Waals surface area contributed by atoms with Crippen LogP contribution in [0.5, 0.6) is 0 Å². The maximum atomic E-state index is 12.4. The summed E-state index contributed by atoms with van der Waals surface area (Å²) in [5.41, 5.74) is 0. The van der Waals surface area contributed by atoms with Gasteiger partial charge in [-0.25, -0.2) is 4.39 Å². The molecular formula is C12H25FN2. The molecule has 1 heterocycles. The van der Waals surface area contributed by atoms with Crippen molar-refractivity contribution in [3.05, 3.63) is 0 Å². The fourth-order valence-electron chi connectivity index (χ4n) is 2.35. The van der Waals surface area contributed by atoms with Crippen LogP contribution in [0.15, 0.2) is 0 Å². The van der Waals surface area contributed by atoms with Gasteiger partial charge in [-0.05, 0) is 32.2 Å². The van der Waals surface area contributed by atoms with Gasteiger partial charge in [0, 0.05) is 25.2 Å². The summed E-state index contributed by atoms with van der Waals surface area (Å²) in [5, 5.41) is 3.57. The van der Waals surface area contributed by atoms with E-state index in [9.17, 15) is 4.39 Å². The molecule has 3 heteroatoms. The predicted molar refractivity (Wildman–Crippen MR) is 62.9 cm³/mol. The van der Waals surface area contributed by atoms with Crippen LogP contribution in [0.25, 0.3) is 0 Å². The first-order valence-corrected chi connectivity index (χ1v) is 6.17. The lowest BCUT2D eigenvalue weighted by Gasteiger charge is -2.28. The molecule has 0 aromatic heterocycles. The average Bonchev–Trinajstić information content (AvgIpc) is 2.29. The van der Waals surface area contributed by atoms with Gasteiger partial charge in [-0.3, -0.25) is 4.90 Å². The van der Waals surface area contributed by atoms with Crippen molar-refractivity contribution in [2.75, 3.05) is 26.3 Å². The van der Waals surface area contributed by atoms with Gasteiger partial charge in [0.25, 0.3) is 0 Å². The summed E-state index contributed by atoms with van der Waals surface area (Å²) in [7, 11) is 0. The molecule has 2 unspecified atom stereocenters. The van der Waals surface area contributed by atoms with Crippen LogP contribution in [0.1, 0.15) is 33.6 Å². The van der Waals surface area contributed by atoms with E-state index in [0.29, 0.717) is 24.5 Å². The molecule has 0 spiro atoms. The van der Waals surface area contributed by atoms with Gasteiger partial charge in [0.1, 0.15) is 6.67 Å². The van der Waals surface area contributed by atoms with Crippen molar-refractivity contribution < 1.29 is 4.39 Å². The van der Waals surface area contributed by atoms with Gasteiger partial charge in [0.05, 0.1) is 0 Å². The molecule has 0 aliphatic carbocycles. The minimum absolute atomic E-state index is 0.223. The van der Waals surface area contributed by atoms with E-state index >= 15 is 0 Å². The lowest BCUT2D eigenvalue weighted by molar-refractivity contribution is 0.183. The Morgan fingerprint density at radius 2 is 2.20 bits per heavy atom. The number of hydrogen-bond acceptors (Lipinski definition) is 2. The molecule has 1 rings (SSSR count). The number of hydrogen-bond donors (Lipinski definition) is 1. The minimum atomic E-state index is -0.223. The highest BCUT2D eigenvalue weighted by molar-refractivity contribution is 4.81. The van der Waals surface area contributed by atoms with Gasteiger partial charge in [0.15, 0.2) is 0 Å². The van der Waals surface area contributed by atoms with Crippen molar-refractivity contribution in [3.63, 3.8) is 0 Å². The Bertz CT molecular complexity index is 173. The van der Waals surface area contributed by atoms with Crippen molar-refractivity contribution in [3.8, 4) is 0 Å². The monoisotopic (exact) mass is 216 g/mol. The highest BCUT2D eigenvalue weighted by Crippen LogP contribution is 2.13. The topological polar surface area (TPSA) is 15.3 Å². The highest BCUT2D eigenvalue weighted by Gasteiger charge is 2.22. The van der Waals surface area contributed by atoms with E-state index in [1.54, 1.807) is 0 Å². The lowest BCUT2D eigenvalue weighted by Crippen LogP contribution is -2.41. The third-order valence-electron chi connectivity index (χ3n) is 3.20. The second-order valence-electron chi connectivity index (χ2n) is 5.10. The SMILES string of the molecule is CC(C)CC1CN(CCF)C(C)CCN1. The first kappa shape index (κ1) is 12.9. The molecule has 0 amide bonds. The number of rotatable bonds is 4. The summed E-state index contributed by atoms with van der Waals surface area (Å²) >= 11 is 0. The molecule has 0 saturated carbocycles. The largest absolute Gasteiger partial charge is 0.313 e. The molecule has 0 aromatic carbocycles. The van der Waals surface area contributed by atoms with E-state index in [1.807, 2.05) is 0 Å². The van der Waals surface area contributed by atoms with E-state index < -0.39 is 0 Å². The standard InChI is InChI=1S/C12H25FN2/c1-10(2)8-12-9-15(7-5-13)11(3)4-6-14-12/h10-12,14H,4-9H2,1-3H3. The fourth-order valence-corrected chi connectivity index (χ4v) is 2.35. The number of halogens is 1. The van der Waals surface area contributed by atoms with Crippen LogP contribution in [0.2, 0.25) is 0 Å². The van der Waals surface area contributed by atoms with Crippen LogP contribution < -0.4 is 5.32 Å². The minimum Gasteiger partial charge on any atom is -0.313 e.